The highest BCUT2D eigenvalue weighted by Gasteiger charge is 2.23. The molecule has 0 radical (unpaired) electrons. The van der Waals surface area contributed by atoms with E-state index in [4.69, 9.17) is 0 Å². The molecule has 1 unspecified atom stereocenters. The Morgan fingerprint density at radius 1 is 0.905 bits per heavy atom. The molecule has 0 aliphatic carbocycles. The predicted molar refractivity (Wildman–Crippen MR) is 72.3 cm³/mol. The van der Waals surface area contributed by atoms with Gasteiger partial charge in [-0.25, -0.2) is 19.0 Å². The third-order valence-electron chi connectivity index (χ3n) is 2.44. The van der Waals surface area contributed by atoms with Crippen molar-refractivity contribution in [3.63, 3.8) is 0 Å². The molecule has 1 aromatic rings. The van der Waals surface area contributed by atoms with E-state index in [-0.39, 0.29) is 13.7 Å². The summed E-state index contributed by atoms with van der Waals surface area (Å²) in [5.41, 5.74) is -4.32. The minimum absolute atomic E-state index is 0.0114. The average Bonchev–Trinajstić information content (AvgIpc) is 2.46. The van der Waals surface area contributed by atoms with Crippen molar-refractivity contribution in [3.8, 4) is 0 Å². The lowest BCUT2D eigenvalue weighted by Crippen LogP contribution is -2.58. The van der Waals surface area contributed by atoms with Crippen molar-refractivity contribution in [3.05, 3.63) is 69.4 Å². The van der Waals surface area contributed by atoms with E-state index in [1.54, 1.807) is 0 Å². The van der Waals surface area contributed by atoms with Crippen molar-refractivity contribution in [2.45, 2.75) is 6.23 Å². The normalized spacial score (nSPS) is 11.5. The van der Waals surface area contributed by atoms with Crippen LogP contribution in [0.3, 0.4) is 0 Å². The van der Waals surface area contributed by atoms with E-state index in [1.807, 2.05) is 0 Å². The van der Waals surface area contributed by atoms with Gasteiger partial charge in [0.1, 0.15) is 0 Å². The molecule has 0 saturated heterocycles. The maximum Gasteiger partial charge on any atom is 0.350 e. The zero-order chi connectivity index (χ0) is 16.3. The molecule has 1 heterocycles. The first-order valence-electron chi connectivity index (χ1n) is 5.46. The zero-order valence-corrected chi connectivity index (χ0v) is 10.8. The van der Waals surface area contributed by atoms with Crippen molar-refractivity contribution in [2.24, 2.45) is 0 Å². The first-order valence-corrected chi connectivity index (χ1v) is 5.46. The van der Waals surface area contributed by atoms with Crippen LogP contribution in [0.2, 0.25) is 0 Å². The van der Waals surface area contributed by atoms with Gasteiger partial charge in [-0.3, -0.25) is 9.59 Å². The lowest BCUT2D eigenvalue weighted by molar-refractivity contribution is 0.0902. The Kier molecular flexibility index (Phi) is 4.51. The summed E-state index contributed by atoms with van der Waals surface area (Å²) in [4.78, 5) is 59.0. The van der Waals surface area contributed by atoms with Gasteiger partial charge in [0.25, 0.3) is 11.8 Å². The number of aromatic nitrogens is 3. The second-order valence-electron chi connectivity index (χ2n) is 3.62. The average molecular weight is 293 g/mol. The predicted octanol–water partition coefficient (Wildman–Crippen LogP) is -1.50. The molecule has 0 saturated carbocycles. The number of hydrogen-bond acceptors (Lipinski definition) is 6. The van der Waals surface area contributed by atoms with Crippen LogP contribution in [0.25, 0.3) is 0 Å². The van der Waals surface area contributed by atoms with Gasteiger partial charge < -0.3 is 5.11 Å². The molecule has 0 aromatic carbocycles. The third-order valence-corrected chi connectivity index (χ3v) is 2.44. The van der Waals surface area contributed by atoms with E-state index in [0.29, 0.717) is 12.2 Å². The third kappa shape index (κ3) is 2.49. The van der Waals surface area contributed by atoms with Gasteiger partial charge in [-0.15, -0.1) is 0 Å². The summed E-state index contributed by atoms with van der Waals surface area (Å²) in [6.07, 6.45) is 0.248. The van der Waals surface area contributed by atoms with Gasteiger partial charge >= 0.3 is 17.1 Å². The van der Waals surface area contributed by atoms with E-state index in [1.165, 1.54) is 0 Å². The Morgan fingerprint density at radius 3 is 1.57 bits per heavy atom. The van der Waals surface area contributed by atoms with Gasteiger partial charge in [0.15, 0.2) is 6.23 Å². The smallest absolute Gasteiger partial charge is 0.350 e. The lowest BCUT2D eigenvalue weighted by Gasteiger charge is -2.12. The fraction of sp³-hybridized carbons (Fsp3) is 0.0833. The summed E-state index contributed by atoms with van der Waals surface area (Å²) in [6.45, 7) is 9.37. The highest BCUT2D eigenvalue weighted by Crippen LogP contribution is 1.93. The Hall–Kier alpha value is -3.07. The van der Waals surface area contributed by atoms with Crippen LogP contribution in [0.15, 0.2) is 52.3 Å². The molecule has 0 bridgehead atoms. The van der Waals surface area contributed by atoms with E-state index in [2.05, 4.69) is 19.7 Å². The van der Waals surface area contributed by atoms with Gasteiger partial charge in [0.2, 0.25) is 0 Å². The molecular weight excluding hydrogens is 282 g/mol. The minimum atomic E-state index is -1.83. The van der Waals surface area contributed by atoms with E-state index in [0.717, 1.165) is 6.08 Å². The number of rotatable bonds is 4. The molecule has 21 heavy (non-hydrogen) atoms. The van der Waals surface area contributed by atoms with Crippen LogP contribution in [-0.4, -0.2) is 30.6 Å². The van der Waals surface area contributed by atoms with Gasteiger partial charge in [0.05, 0.1) is 0 Å². The molecule has 9 nitrogen and oxygen atoms in total. The van der Waals surface area contributed by atoms with Gasteiger partial charge in [-0.1, -0.05) is 19.7 Å². The largest absolute Gasteiger partial charge is 0.369 e. The van der Waals surface area contributed by atoms with Gasteiger partial charge in [-0.05, 0) is 18.2 Å². The van der Waals surface area contributed by atoms with Crippen LogP contribution in [0.1, 0.15) is 15.8 Å². The monoisotopic (exact) mass is 293 g/mol. The molecule has 0 amide bonds. The van der Waals surface area contributed by atoms with E-state index >= 15 is 0 Å². The van der Waals surface area contributed by atoms with Crippen LogP contribution in [0.4, 0.5) is 0 Å². The fourth-order valence-electron chi connectivity index (χ4n) is 1.45. The number of carbonyl (C=O) groups is 2. The van der Waals surface area contributed by atoms with Gasteiger partial charge in [0, 0.05) is 0 Å². The Balaban J connectivity index is 4.12. The molecular formula is C12H11N3O6. The molecule has 1 aromatic heterocycles. The summed E-state index contributed by atoms with van der Waals surface area (Å²) >= 11 is 0. The first-order chi connectivity index (χ1) is 9.81. The summed E-state index contributed by atoms with van der Waals surface area (Å²) in [5.74, 6) is -2.33. The van der Waals surface area contributed by atoms with Crippen molar-refractivity contribution < 1.29 is 14.7 Å². The topological polar surface area (TPSA) is 120 Å². The highest BCUT2D eigenvalue weighted by atomic mass is 16.3. The first kappa shape index (κ1) is 16.0. The summed E-state index contributed by atoms with van der Waals surface area (Å²) in [7, 11) is 0. The van der Waals surface area contributed by atoms with E-state index in [9.17, 15) is 29.1 Å². The second kappa shape index (κ2) is 5.92. The molecule has 1 atom stereocenters. The maximum absolute atomic E-state index is 12.0. The van der Waals surface area contributed by atoms with Crippen molar-refractivity contribution in [2.75, 3.05) is 0 Å². The Morgan fingerprint density at radius 2 is 1.29 bits per heavy atom. The number of aliphatic hydroxyl groups is 1. The van der Waals surface area contributed by atoms with Gasteiger partial charge in [-0.2, -0.15) is 9.13 Å². The fourth-order valence-corrected chi connectivity index (χ4v) is 1.45. The van der Waals surface area contributed by atoms with Crippen molar-refractivity contribution >= 4 is 11.8 Å². The van der Waals surface area contributed by atoms with Crippen molar-refractivity contribution in [1.82, 2.24) is 13.7 Å². The summed E-state index contributed by atoms with van der Waals surface area (Å²) in [5, 5.41) is 9.58. The maximum atomic E-state index is 12.0. The number of aliphatic hydroxyl groups excluding tert-OH is 1. The van der Waals surface area contributed by atoms with Crippen LogP contribution in [0.5, 0.6) is 0 Å². The molecule has 0 fully saturated rings. The highest BCUT2D eigenvalue weighted by molar-refractivity contribution is 5.91. The molecule has 0 aliphatic heterocycles. The minimum Gasteiger partial charge on any atom is -0.369 e. The quantitative estimate of drug-likeness (QED) is 0.533. The number of carbonyl (C=O) groups excluding carboxylic acids is 2. The van der Waals surface area contributed by atoms with E-state index < -0.39 is 35.1 Å². The molecule has 9 heteroatoms. The Labute approximate surface area is 117 Å². The number of nitrogens with zero attached hydrogens (tertiary/aromatic N) is 3. The molecule has 1 N–H and O–H groups in total. The number of allylic oxidation sites excluding steroid dienone is 2. The van der Waals surface area contributed by atoms with Crippen LogP contribution in [-0.2, 0) is 0 Å². The molecule has 1 rings (SSSR count). The molecule has 0 spiro atoms. The zero-order valence-electron chi connectivity index (χ0n) is 10.8. The van der Waals surface area contributed by atoms with Crippen molar-refractivity contribution in [1.29, 1.82) is 0 Å². The number of hydrogen-bond donors (Lipinski definition) is 1. The Bertz CT molecular complexity index is 765. The van der Waals surface area contributed by atoms with Crippen LogP contribution in [0, 0.1) is 0 Å². The molecule has 0 aliphatic rings. The standard InChI is InChI=1S/C12H11N3O6/c1-4-7(16)13-10(19)14(8(17)5-2)12(21)15(11(13)20)9(18)6-3/h4-7,16H,1-3H2. The lowest BCUT2D eigenvalue weighted by atomic mass is 10.5. The SMILES string of the molecule is C=CC(=O)n1c(=O)n(C(=O)C=C)c(=O)n(C(O)C=C)c1=O. The second-order valence-corrected chi connectivity index (χ2v) is 3.62. The van der Waals surface area contributed by atoms with Crippen LogP contribution >= 0.6 is 0 Å². The molecule has 110 valence electrons. The van der Waals surface area contributed by atoms with Crippen LogP contribution < -0.4 is 17.1 Å². The summed E-state index contributed by atoms with van der Waals surface area (Å²) in [6, 6.07) is 0. The summed E-state index contributed by atoms with van der Waals surface area (Å²) < 4.78 is 0.0994.